The largest absolute Gasteiger partial charge is 0.509 e. The summed E-state index contributed by atoms with van der Waals surface area (Å²) in [6.07, 6.45) is 1.83. The van der Waals surface area contributed by atoms with Crippen LogP contribution in [0.4, 0.5) is 17.1 Å². The number of benzene rings is 6. The van der Waals surface area contributed by atoms with Crippen LogP contribution >= 0.6 is 0 Å². The number of nitrogens with zero attached hydrogens (tertiary/aromatic N) is 4. The van der Waals surface area contributed by atoms with Gasteiger partial charge in [0.1, 0.15) is 5.82 Å². The Hall–Kier alpha value is -5.67. The Kier molecular flexibility index (Phi) is 8.00. The number of hydrogen-bond acceptors (Lipinski definition) is 4. The molecule has 0 saturated heterocycles. The zero-order valence-corrected chi connectivity index (χ0v) is 35.3. The predicted molar refractivity (Wildman–Crippen MR) is 232 cm³/mol. The summed E-state index contributed by atoms with van der Waals surface area (Å²) >= 11 is 0. The smallest absolute Gasteiger partial charge is 0.135 e. The summed E-state index contributed by atoms with van der Waals surface area (Å²) in [6.45, 7) is 16.3. The molecule has 0 N–H and O–H groups in total. The molecule has 3 aliphatic rings. The summed E-state index contributed by atoms with van der Waals surface area (Å²) in [5.41, 5.74) is 15.1. The Morgan fingerprint density at radius 2 is 1.29 bits per heavy atom. The van der Waals surface area contributed by atoms with Gasteiger partial charge in [-0.3, -0.25) is 0 Å². The molecule has 4 heterocycles. The van der Waals surface area contributed by atoms with Gasteiger partial charge in [-0.1, -0.05) is 126 Å². The second-order valence-corrected chi connectivity index (χ2v) is 17.8. The molecule has 0 unspecified atom stereocenters. The SMILES string of the molecule is CN1[CH-]N2c3[c-]c(Oc4[c-]c5c(cc4)c4ccccc4n5-c4ccccn4)ccc3C3(c4cccc1c42)c1c(cccc1C(C)(C)C)-c1cccc(C(C)(C)C)c13.[Pd]. The number of aromatic nitrogens is 2. The van der Waals surface area contributed by atoms with Crippen molar-refractivity contribution in [1.82, 2.24) is 9.55 Å². The number of rotatable bonds is 3. The van der Waals surface area contributed by atoms with Gasteiger partial charge in [-0.05, 0) is 86.5 Å². The Morgan fingerprint density at radius 3 is 1.98 bits per heavy atom. The summed E-state index contributed by atoms with van der Waals surface area (Å²) < 4.78 is 8.98. The van der Waals surface area contributed by atoms with Crippen LogP contribution in [0.5, 0.6) is 11.5 Å². The van der Waals surface area contributed by atoms with Crippen LogP contribution in [0, 0.1) is 18.8 Å². The van der Waals surface area contributed by atoms with Gasteiger partial charge in [0.15, 0.2) is 0 Å². The van der Waals surface area contributed by atoms with Crippen LogP contribution in [0.25, 0.3) is 38.8 Å². The molecule has 0 amide bonds. The van der Waals surface area contributed by atoms with Gasteiger partial charge in [0, 0.05) is 60.4 Å². The maximum atomic E-state index is 6.81. The van der Waals surface area contributed by atoms with Crippen molar-refractivity contribution in [2.75, 3.05) is 16.8 Å². The number of hydrogen-bond donors (Lipinski definition) is 0. The van der Waals surface area contributed by atoms with Crippen LogP contribution in [0.3, 0.4) is 0 Å². The first-order chi connectivity index (χ1) is 27.5. The van der Waals surface area contributed by atoms with Crippen molar-refractivity contribution in [2.24, 2.45) is 0 Å². The fourth-order valence-electron chi connectivity index (χ4n) is 10.0. The molecule has 1 aliphatic carbocycles. The van der Waals surface area contributed by atoms with Gasteiger partial charge in [0.25, 0.3) is 0 Å². The van der Waals surface area contributed by atoms with Crippen LogP contribution in [0.1, 0.15) is 74.9 Å². The molecular weight excluding hydrogens is 803 g/mol. The Morgan fingerprint density at radius 1 is 0.638 bits per heavy atom. The Balaban J connectivity index is 0.00000408. The number of anilines is 3. The van der Waals surface area contributed by atoms with Gasteiger partial charge in [0.05, 0.1) is 0 Å². The van der Waals surface area contributed by atoms with E-state index in [2.05, 4.69) is 179 Å². The van der Waals surface area contributed by atoms with E-state index >= 15 is 0 Å². The van der Waals surface area contributed by atoms with Gasteiger partial charge in [0.2, 0.25) is 0 Å². The van der Waals surface area contributed by atoms with Crippen LogP contribution in [0.2, 0.25) is 0 Å². The summed E-state index contributed by atoms with van der Waals surface area (Å²) in [6, 6.07) is 51.3. The van der Waals surface area contributed by atoms with Crippen LogP contribution < -0.4 is 14.5 Å². The minimum absolute atomic E-state index is 0. The average molecular weight is 846 g/mol. The monoisotopic (exact) mass is 845 g/mol. The van der Waals surface area contributed by atoms with E-state index in [4.69, 9.17) is 9.72 Å². The van der Waals surface area contributed by atoms with Crippen LogP contribution in [0.15, 0.2) is 128 Å². The normalized spacial score (nSPS) is 14.7. The first-order valence-corrected chi connectivity index (χ1v) is 19.9. The topological polar surface area (TPSA) is 33.5 Å². The summed E-state index contributed by atoms with van der Waals surface area (Å²) in [4.78, 5) is 9.30. The summed E-state index contributed by atoms with van der Waals surface area (Å²) in [7, 11) is 2.14. The van der Waals surface area contributed by atoms with Gasteiger partial charge >= 0.3 is 0 Å². The third-order valence-electron chi connectivity index (χ3n) is 12.3. The average Bonchev–Trinajstić information content (AvgIpc) is 3.83. The number of fused-ring (bicyclic) bond motifs is 12. The molecule has 1 spiro atoms. The molecule has 8 aromatic rings. The Bertz CT molecular complexity index is 2910. The van der Waals surface area contributed by atoms with Gasteiger partial charge in [-0.15, -0.1) is 35.2 Å². The number of pyridine rings is 1. The predicted octanol–water partition coefficient (Wildman–Crippen LogP) is 12.5. The molecule has 2 aromatic heterocycles. The molecule has 0 saturated carbocycles. The maximum Gasteiger partial charge on any atom is 0.135 e. The van der Waals surface area contributed by atoms with Crippen molar-refractivity contribution in [2.45, 2.75) is 57.8 Å². The van der Waals surface area contributed by atoms with Crippen molar-refractivity contribution in [3.05, 3.63) is 180 Å². The van der Waals surface area contributed by atoms with Crippen molar-refractivity contribution in [1.29, 1.82) is 0 Å². The zero-order chi connectivity index (χ0) is 39.0. The quantitative estimate of drug-likeness (QED) is 0.131. The van der Waals surface area contributed by atoms with E-state index in [9.17, 15) is 0 Å². The minimum Gasteiger partial charge on any atom is -0.509 e. The molecule has 6 aromatic carbocycles. The molecule has 11 rings (SSSR count). The molecule has 58 heavy (non-hydrogen) atoms. The zero-order valence-electron chi connectivity index (χ0n) is 33.7. The van der Waals surface area contributed by atoms with Gasteiger partial charge in [-0.2, -0.15) is 18.8 Å². The van der Waals surface area contributed by atoms with Crippen molar-refractivity contribution in [3.63, 3.8) is 0 Å². The molecular formula is C52H43N4OPd-3. The molecule has 6 heteroatoms. The van der Waals surface area contributed by atoms with E-state index in [1.807, 2.05) is 30.5 Å². The standard InChI is InChI=1S/C52H43N4O.Pd/c1-50(2,3)39-18-12-16-36-37-17-13-19-40(51(4,5)6)48(37)52(47(36)39)38-27-25-33(30-45(38)55-31-54(7)43-22-14-20-41(52)49(43)55)57-32-24-26-35-34-15-8-9-21-42(34)56(44(35)29-32)46-23-10-11-28-53-46;/h8-28,31H,1-7H3;/q-3;. The van der Waals surface area contributed by atoms with Crippen LogP contribution in [-0.2, 0) is 36.7 Å². The fourth-order valence-corrected chi connectivity index (χ4v) is 10.0. The van der Waals surface area contributed by atoms with Crippen LogP contribution in [-0.4, -0.2) is 16.6 Å². The first kappa shape index (κ1) is 36.7. The second kappa shape index (κ2) is 12.7. The molecule has 0 fully saturated rings. The van der Waals surface area contributed by atoms with Crippen molar-refractivity contribution in [3.8, 4) is 28.4 Å². The maximum absolute atomic E-state index is 6.81. The summed E-state index contributed by atoms with van der Waals surface area (Å²) in [5.74, 6) is 2.09. The third-order valence-corrected chi connectivity index (χ3v) is 12.3. The first-order valence-electron chi connectivity index (χ1n) is 19.9. The molecule has 0 bridgehead atoms. The van der Waals surface area contributed by atoms with E-state index in [0.717, 1.165) is 33.3 Å². The van der Waals surface area contributed by atoms with E-state index < -0.39 is 5.41 Å². The van der Waals surface area contributed by atoms with Gasteiger partial charge < -0.3 is 19.1 Å². The van der Waals surface area contributed by atoms with Gasteiger partial charge in [-0.25, -0.2) is 4.98 Å². The molecule has 0 atom stereocenters. The molecule has 5 nitrogen and oxygen atoms in total. The van der Waals surface area contributed by atoms with E-state index in [-0.39, 0.29) is 31.3 Å². The van der Waals surface area contributed by atoms with Crippen molar-refractivity contribution >= 4 is 38.9 Å². The fraction of sp³-hybridized carbons (Fsp3) is 0.192. The Labute approximate surface area is 354 Å². The minimum atomic E-state index is -0.599. The number of para-hydroxylation sites is 2. The number of ether oxygens (including phenoxy) is 1. The summed E-state index contributed by atoms with van der Waals surface area (Å²) in [5, 5.41) is 2.25. The molecule has 2 aliphatic heterocycles. The third kappa shape index (κ3) is 4.95. The van der Waals surface area contributed by atoms with E-state index in [1.54, 1.807) is 0 Å². The molecule has 0 radical (unpaired) electrons. The molecule has 290 valence electrons. The van der Waals surface area contributed by atoms with Crippen molar-refractivity contribution < 1.29 is 25.2 Å². The van der Waals surface area contributed by atoms with E-state index in [0.29, 0.717) is 11.5 Å². The second-order valence-electron chi connectivity index (χ2n) is 17.8. The van der Waals surface area contributed by atoms with E-state index in [1.165, 1.54) is 55.9 Å².